The molecule has 0 bridgehead atoms. The maximum absolute atomic E-state index is 13.1. The number of carboxylic acid groups (broad SMARTS) is 1. The minimum absolute atomic E-state index is 0.0639. The van der Waals surface area contributed by atoms with E-state index in [-0.39, 0.29) is 17.7 Å². The highest BCUT2D eigenvalue weighted by molar-refractivity contribution is 5.96. The Kier molecular flexibility index (Phi) is 4.65. The molecule has 0 heterocycles. The van der Waals surface area contributed by atoms with Crippen molar-refractivity contribution in [3.63, 3.8) is 0 Å². The predicted octanol–water partition coefficient (Wildman–Crippen LogP) is 1.43. The lowest BCUT2D eigenvalue weighted by Gasteiger charge is -2.12. The zero-order valence-electron chi connectivity index (χ0n) is 10.1. The summed E-state index contributed by atoms with van der Waals surface area (Å²) in [4.78, 5) is 22.5. The Hall–Kier alpha value is -2.11. The molecule has 0 spiro atoms. The Morgan fingerprint density at radius 1 is 1.50 bits per heavy atom. The van der Waals surface area contributed by atoms with E-state index in [0.29, 0.717) is 0 Å². The molecule has 18 heavy (non-hydrogen) atoms. The number of halogens is 1. The summed E-state index contributed by atoms with van der Waals surface area (Å²) in [6, 6.07) is 2.62. The van der Waals surface area contributed by atoms with E-state index in [4.69, 9.17) is 9.84 Å². The second kappa shape index (κ2) is 6.00. The van der Waals surface area contributed by atoms with Crippen LogP contribution in [0.1, 0.15) is 23.7 Å². The fourth-order valence-electron chi connectivity index (χ4n) is 1.38. The van der Waals surface area contributed by atoms with E-state index < -0.39 is 23.7 Å². The Bertz CT molecular complexity index is 461. The first-order valence-corrected chi connectivity index (χ1v) is 5.36. The quantitative estimate of drug-likeness (QED) is 0.834. The van der Waals surface area contributed by atoms with Crippen LogP contribution in [-0.4, -0.2) is 30.1 Å². The topological polar surface area (TPSA) is 75.6 Å². The maximum Gasteiger partial charge on any atom is 0.326 e. The summed E-state index contributed by atoms with van der Waals surface area (Å²) in [7, 11) is 1.28. The smallest absolute Gasteiger partial charge is 0.326 e. The molecule has 0 saturated heterocycles. The first-order valence-electron chi connectivity index (χ1n) is 5.36. The third kappa shape index (κ3) is 3.19. The fraction of sp³-hybridized carbons (Fsp3) is 0.333. The summed E-state index contributed by atoms with van der Waals surface area (Å²) in [6.45, 7) is 1.64. The summed E-state index contributed by atoms with van der Waals surface area (Å²) in [5.74, 6) is -2.34. The molecule has 0 aromatic heterocycles. The van der Waals surface area contributed by atoms with Gasteiger partial charge in [-0.2, -0.15) is 0 Å². The number of carbonyl (C=O) groups is 2. The number of carboxylic acids is 1. The summed E-state index contributed by atoms with van der Waals surface area (Å²) in [6.07, 6.45) is 0.263. The Morgan fingerprint density at radius 2 is 2.17 bits per heavy atom. The maximum atomic E-state index is 13.1. The molecule has 98 valence electrons. The number of ether oxygens (including phenoxy) is 1. The largest absolute Gasteiger partial charge is 0.494 e. The number of carbonyl (C=O) groups excluding carboxylic acids is 1. The normalized spacial score (nSPS) is 11.7. The van der Waals surface area contributed by atoms with Gasteiger partial charge >= 0.3 is 5.97 Å². The molecule has 0 aliphatic carbocycles. The van der Waals surface area contributed by atoms with Gasteiger partial charge in [-0.3, -0.25) is 4.79 Å². The number of amides is 1. The van der Waals surface area contributed by atoms with Crippen LogP contribution in [0.4, 0.5) is 4.39 Å². The first-order chi connectivity index (χ1) is 8.49. The van der Waals surface area contributed by atoms with Crippen molar-refractivity contribution >= 4 is 11.9 Å². The van der Waals surface area contributed by atoms with Crippen LogP contribution >= 0.6 is 0 Å². The molecule has 0 aliphatic heterocycles. The molecule has 5 nitrogen and oxygen atoms in total. The van der Waals surface area contributed by atoms with E-state index in [1.165, 1.54) is 19.2 Å². The predicted molar refractivity (Wildman–Crippen MR) is 62.1 cm³/mol. The standard InChI is InChI=1S/C12H14FNO4/c1-3-9(12(16)17)14-11(15)7-4-5-8(13)10(6-7)18-2/h4-6,9H,3H2,1-2H3,(H,14,15)(H,16,17). The number of benzene rings is 1. The monoisotopic (exact) mass is 255 g/mol. The zero-order chi connectivity index (χ0) is 13.7. The van der Waals surface area contributed by atoms with Crippen molar-refractivity contribution < 1.29 is 23.8 Å². The van der Waals surface area contributed by atoms with Crippen LogP contribution in [-0.2, 0) is 4.79 Å². The molecule has 0 saturated carbocycles. The minimum atomic E-state index is -1.11. The Morgan fingerprint density at radius 3 is 2.67 bits per heavy atom. The van der Waals surface area contributed by atoms with Gasteiger partial charge in [-0.05, 0) is 24.6 Å². The van der Waals surface area contributed by atoms with Gasteiger partial charge < -0.3 is 15.2 Å². The van der Waals surface area contributed by atoms with Crippen molar-refractivity contribution in [1.29, 1.82) is 0 Å². The lowest BCUT2D eigenvalue weighted by molar-refractivity contribution is -0.139. The third-order valence-corrected chi connectivity index (χ3v) is 2.42. The highest BCUT2D eigenvalue weighted by Gasteiger charge is 2.19. The molecule has 1 amide bonds. The van der Waals surface area contributed by atoms with Crippen LogP contribution < -0.4 is 10.1 Å². The van der Waals surface area contributed by atoms with Crippen LogP contribution in [0.3, 0.4) is 0 Å². The lowest BCUT2D eigenvalue weighted by Crippen LogP contribution is -2.40. The number of hydrogen-bond donors (Lipinski definition) is 2. The molecular formula is C12H14FNO4. The van der Waals surface area contributed by atoms with E-state index in [9.17, 15) is 14.0 Å². The zero-order valence-corrected chi connectivity index (χ0v) is 10.1. The molecule has 1 rings (SSSR count). The molecule has 2 N–H and O–H groups in total. The van der Waals surface area contributed by atoms with Gasteiger partial charge in [0.25, 0.3) is 5.91 Å². The molecule has 1 aromatic rings. The van der Waals surface area contributed by atoms with Gasteiger partial charge in [-0.1, -0.05) is 6.92 Å². The average molecular weight is 255 g/mol. The van der Waals surface area contributed by atoms with E-state index in [0.717, 1.165) is 6.07 Å². The van der Waals surface area contributed by atoms with Crippen molar-refractivity contribution in [3.8, 4) is 5.75 Å². The molecular weight excluding hydrogens is 241 g/mol. The number of nitrogens with one attached hydrogen (secondary N) is 1. The van der Waals surface area contributed by atoms with Gasteiger partial charge in [0.2, 0.25) is 0 Å². The second-order valence-electron chi connectivity index (χ2n) is 3.62. The summed E-state index contributed by atoms with van der Waals surface area (Å²) in [5, 5.41) is 11.2. The summed E-state index contributed by atoms with van der Waals surface area (Å²) >= 11 is 0. The first kappa shape index (κ1) is 14.0. The average Bonchev–Trinajstić information content (AvgIpc) is 2.35. The van der Waals surface area contributed by atoms with Crippen molar-refractivity contribution in [2.45, 2.75) is 19.4 Å². The SMILES string of the molecule is CCC(NC(=O)c1ccc(F)c(OC)c1)C(=O)O. The summed E-state index contributed by atoms with van der Waals surface area (Å²) in [5.41, 5.74) is 0.146. The number of aliphatic carboxylic acids is 1. The molecule has 0 radical (unpaired) electrons. The summed E-state index contributed by atoms with van der Waals surface area (Å²) < 4.78 is 17.9. The van der Waals surface area contributed by atoms with Crippen LogP contribution in [0.2, 0.25) is 0 Å². The van der Waals surface area contributed by atoms with E-state index in [1.54, 1.807) is 6.92 Å². The van der Waals surface area contributed by atoms with E-state index in [1.807, 2.05) is 0 Å². The highest BCUT2D eigenvalue weighted by atomic mass is 19.1. The van der Waals surface area contributed by atoms with E-state index >= 15 is 0 Å². The third-order valence-electron chi connectivity index (χ3n) is 2.42. The number of methoxy groups -OCH3 is 1. The molecule has 1 atom stereocenters. The molecule has 6 heteroatoms. The van der Waals surface area contributed by atoms with Gasteiger partial charge in [0.15, 0.2) is 11.6 Å². The van der Waals surface area contributed by atoms with Gasteiger partial charge in [0.1, 0.15) is 6.04 Å². The minimum Gasteiger partial charge on any atom is -0.494 e. The van der Waals surface area contributed by atoms with Crippen LogP contribution in [0.5, 0.6) is 5.75 Å². The van der Waals surface area contributed by atoms with Gasteiger partial charge in [-0.25, -0.2) is 9.18 Å². The molecule has 1 aromatic carbocycles. The van der Waals surface area contributed by atoms with Crippen molar-refractivity contribution in [1.82, 2.24) is 5.32 Å². The second-order valence-corrected chi connectivity index (χ2v) is 3.62. The van der Waals surface area contributed by atoms with Crippen molar-refractivity contribution in [2.24, 2.45) is 0 Å². The van der Waals surface area contributed by atoms with Crippen molar-refractivity contribution in [2.75, 3.05) is 7.11 Å². The van der Waals surface area contributed by atoms with Crippen LogP contribution in [0.25, 0.3) is 0 Å². The number of hydrogen-bond acceptors (Lipinski definition) is 3. The molecule has 0 aliphatic rings. The highest BCUT2D eigenvalue weighted by Crippen LogP contribution is 2.18. The molecule has 0 fully saturated rings. The Labute approximate surface area is 104 Å². The van der Waals surface area contributed by atoms with Gasteiger partial charge in [-0.15, -0.1) is 0 Å². The van der Waals surface area contributed by atoms with Crippen LogP contribution in [0.15, 0.2) is 18.2 Å². The van der Waals surface area contributed by atoms with Crippen LogP contribution in [0, 0.1) is 5.82 Å². The lowest BCUT2D eigenvalue weighted by atomic mass is 10.1. The Balaban J connectivity index is 2.87. The van der Waals surface area contributed by atoms with Gasteiger partial charge in [0, 0.05) is 5.56 Å². The van der Waals surface area contributed by atoms with Gasteiger partial charge in [0.05, 0.1) is 7.11 Å². The number of rotatable bonds is 5. The fourth-order valence-corrected chi connectivity index (χ4v) is 1.38. The van der Waals surface area contributed by atoms with E-state index in [2.05, 4.69) is 5.32 Å². The molecule has 1 unspecified atom stereocenters. The van der Waals surface area contributed by atoms with Crippen molar-refractivity contribution in [3.05, 3.63) is 29.6 Å².